The molecular weight excluding hydrogens is 470 g/mol. The lowest BCUT2D eigenvalue weighted by molar-refractivity contribution is -0.651. The molecule has 0 bridgehead atoms. The van der Waals surface area contributed by atoms with Gasteiger partial charge in [0.05, 0.1) is 18.2 Å². The number of carbonyl (C=O) groups is 1. The molecule has 10 nitrogen and oxygen atoms in total. The number of aryl methyl sites for hydroxylation is 2. The van der Waals surface area contributed by atoms with Gasteiger partial charge in [0.2, 0.25) is 21.8 Å². The highest BCUT2D eigenvalue weighted by molar-refractivity contribution is 7.80. The Balaban J connectivity index is 0.000000641. The number of aromatic nitrogens is 1. The Morgan fingerprint density at radius 2 is 1.69 bits per heavy atom. The van der Waals surface area contributed by atoms with E-state index in [9.17, 15) is 17.8 Å². The average molecular weight is 502 g/mol. The number of nitrogens with zero attached hydrogens (tertiary/aromatic N) is 4. The highest BCUT2D eigenvalue weighted by atomic mass is 32.3. The molecule has 1 aromatic heterocycles. The van der Waals surface area contributed by atoms with Crippen LogP contribution in [0.25, 0.3) is 10.9 Å². The van der Waals surface area contributed by atoms with Gasteiger partial charge >= 0.3 is 0 Å². The van der Waals surface area contributed by atoms with E-state index in [4.69, 9.17) is 0 Å². The Morgan fingerprint density at radius 3 is 2.26 bits per heavy atom. The van der Waals surface area contributed by atoms with Crippen molar-refractivity contribution in [3.8, 4) is 0 Å². The first-order chi connectivity index (χ1) is 16.5. The van der Waals surface area contributed by atoms with E-state index in [1.165, 1.54) is 6.92 Å². The van der Waals surface area contributed by atoms with Crippen molar-refractivity contribution in [2.24, 2.45) is 17.3 Å². The van der Waals surface area contributed by atoms with E-state index in [-0.39, 0.29) is 5.91 Å². The molecular formula is C24H31N5O5S. The van der Waals surface area contributed by atoms with E-state index < -0.39 is 10.4 Å². The Hall–Kier alpha value is -3.41. The molecule has 0 aliphatic rings. The van der Waals surface area contributed by atoms with Crippen LogP contribution in [-0.4, -0.2) is 39.1 Å². The summed E-state index contributed by atoms with van der Waals surface area (Å²) in [4.78, 5) is 13.9. The van der Waals surface area contributed by atoms with Gasteiger partial charge in [-0.2, -0.15) is 4.57 Å². The van der Waals surface area contributed by atoms with Crippen LogP contribution >= 0.6 is 0 Å². The molecule has 35 heavy (non-hydrogen) atoms. The van der Waals surface area contributed by atoms with Gasteiger partial charge in [0, 0.05) is 44.8 Å². The minimum atomic E-state index is -4.41. The van der Waals surface area contributed by atoms with Crippen molar-refractivity contribution in [3.63, 3.8) is 0 Å². The SMILES string of the molecule is CCN(CC)c1ccc(N=Nc2cc(C)[n+](C)c3ccccc23)c(NC(C)=O)c1.COS(=O)(=O)[O-]. The fourth-order valence-electron chi connectivity index (χ4n) is 3.42. The predicted molar refractivity (Wildman–Crippen MR) is 135 cm³/mol. The molecule has 0 saturated carbocycles. The summed E-state index contributed by atoms with van der Waals surface area (Å²) >= 11 is 0. The number of hydrogen-bond donors (Lipinski definition) is 1. The number of benzene rings is 2. The summed E-state index contributed by atoms with van der Waals surface area (Å²) in [7, 11) is -1.56. The molecule has 0 spiro atoms. The molecule has 0 fully saturated rings. The molecule has 1 heterocycles. The monoisotopic (exact) mass is 501 g/mol. The summed E-state index contributed by atoms with van der Waals surface area (Å²) in [5.41, 5.74) is 5.33. The first-order valence-electron chi connectivity index (χ1n) is 11.0. The van der Waals surface area contributed by atoms with Crippen LogP contribution in [0.5, 0.6) is 0 Å². The zero-order valence-corrected chi connectivity index (χ0v) is 21.6. The van der Waals surface area contributed by atoms with Gasteiger partial charge in [-0.1, -0.05) is 12.1 Å². The van der Waals surface area contributed by atoms with E-state index in [0.29, 0.717) is 11.4 Å². The van der Waals surface area contributed by atoms with Crippen LogP contribution in [0.4, 0.5) is 22.7 Å². The van der Waals surface area contributed by atoms with Crippen molar-refractivity contribution in [3.05, 3.63) is 54.2 Å². The Labute approximate surface area is 206 Å². The third-order valence-corrected chi connectivity index (χ3v) is 5.71. The lowest BCUT2D eigenvalue weighted by Gasteiger charge is -2.22. The summed E-state index contributed by atoms with van der Waals surface area (Å²) < 4.78 is 33.2. The number of hydrogen-bond acceptors (Lipinski definition) is 8. The van der Waals surface area contributed by atoms with Gasteiger partial charge in [0.25, 0.3) is 0 Å². The predicted octanol–water partition coefficient (Wildman–Crippen LogP) is 4.29. The molecule has 3 aromatic rings. The van der Waals surface area contributed by atoms with Crippen LogP contribution in [0, 0.1) is 6.92 Å². The van der Waals surface area contributed by atoms with Crippen LogP contribution < -0.4 is 14.8 Å². The number of anilines is 2. The van der Waals surface area contributed by atoms with Crippen LogP contribution in [0.1, 0.15) is 26.5 Å². The number of fused-ring (bicyclic) bond motifs is 1. The van der Waals surface area contributed by atoms with Gasteiger partial charge in [-0.15, -0.1) is 10.2 Å². The Morgan fingerprint density at radius 1 is 1.09 bits per heavy atom. The second kappa shape index (κ2) is 12.3. The van der Waals surface area contributed by atoms with Gasteiger partial charge in [-0.25, -0.2) is 8.42 Å². The fourth-order valence-corrected chi connectivity index (χ4v) is 3.42. The van der Waals surface area contributed by atoms with E-state index in [0.717, 1.165) is 48.2 Å². The average Bonchev–Trinajstić information content (AvgIpc) is 2.82. The van der Waals surface area contributed by atoms with E-state index >= 15 is 0 Å². The number of rotatable bonds is 7. The maximum Gasteiger partial charge on any atom is 0.221 e. The molecule has 3 rings (SSSR count). The van der Waals surface area contributed by atoms with E-state index in [1.54, 1.807) is 0 Å². The summed E-state index contributed by atoms with van der Waals surface area (Å²) in [6.45, 7) is 9.55. The van der Waals surface area contributed by atoms with Crippen molar-refractivity contribution in [2.75, 3.05) is 30.4 Å². The van der Waals surface area contributed by atoms with Gasteiger partial charge in [-0.3, -0.25) is 8.98 Å². The number of amides is 1. The number of para-hydroxylation sites is 1. The summed E-state index contributed by atoms with van der Waals surface area (Å²) in [6, 6.07) is 16.0. The largest absolute Gasteiger partial charge is 0.726 e. The summed E-state index contributed by atoms with van der Waals surface area (Å²) in [5.74, 6) is -0.133. The maximum absolute atomic E-state index is 11.7. The topological polar surface area (TPSA) is 127 Å². The number of azo groups is 1. The molecule has 0 radical (unpaired) electrons. The second-order valence-electron chi connectivity index (χ2n) is 7.58. The van der Waals surface area contributed by atoms with Crippen LogP contribution in [0.2, 0.25) is 0 Å². The number of pyridine rings is 1. The first-order valence-corrected chi connectivity index (χ1v) is 12.3. The number of carbonyl (C=O) groups excluding carboxylic acids is 1. The molecule has 0 aliphatic heterocycles. The van der Waals surface area contributed by atoms with Crippen LogP contribution in [0.15, 0.2) is 58.8 Å². The lowest BCUT2D eigenvalue weighted by Crippen LogP contribution is -2.32. The van der Waals surface area contributed by atoms with Crippen molar-refractivity contribution in [2.45, 2.75) is 27.7 Å². The quantitative estimate of drug-likeness (QED) is 0.223. The van der Waals surface area contributed by atoms with Gasteiger partial charge in [0.1, 0.15) is 18.4 Å². The van der Waals surface area contributed by atoms with Crippen LogP contribution in [0.3, 0.4) is 0 Å². The highest BCUT2D eigenvalue weighted by Crippen LogP contribution is 2.33. The maximum atomic E-state index is 11.7. The molecule has 2 aromatic carbocycles. The Kier molecular flexibility index (Phi) is 9.81. The van der Waals surface area contributed by atoms with E-state index in [1.807, 2.05) is 56.4 Å². The van der Waals surface area contributed by atoms with Crippen molar-refractivity contribution < 1.29 is 26.5 Å². The third kappa shape index (κ3) is 7.81. The molecule has 1 amide bonds. The van der Waals surface area contributed by atoms with Crippen molar-refractivity contribution in [1.82, 2.24) is 0 Å². The molecule has 11 heteroatoms. The second-order valence-corrected chi connectivity index (χ2v) is 8.73. The normalized spacial score (nSPS) is 11.3. The van der Waals surface area contributed by atoms with Crippen LogP contribution in [-0.2, 0) is 26.4 Å². The summed E-state index contributed by atoms with van der Waals surface area (Å²) in [5, 5.41) is 12.9. The molecule has 0 aliphatic carbocycles. The van der Waals surface area contributed by atoms with Crippen molar-refractivity contribution in [1.29, 1.82) is 0 Å². The van der Waals surface area contributed by atoms with Gasteiger partial charge in [0.15, 0.2) is 5.69 Å². The molecule has 0 unspecified atom stereocenters. The number of nitrogens with one attached hydrogen (secondary N) is 1. The molecule has 0 saturated heterocycles. The highest BCUT2D eigenvalue weighted by Gasteiger charge is 2.13. The fraction of sp³-hybridized carbons (Fsp3) is 0.333. The third-order valence-electron chi connectivity index (χ3n) is 5.31. The molecule has 0 atom stereocenters. The molecule has 1 N–H and O–H groups in total. The zero-order valence-electron chi connectivity index (χ0n) is 20.8. The Bertz CT molecular complexity index is 1320. The summed E-state index contributed by atoms with van der Waals surface area (Å²) in [6.07, 6.45) is 0. The van der Waals surface area contributed by atoms with Crippen molar-refractivity contribution >= 4 is 50.0 Å². The van der Waals surface area contributed by atoms with Gasteiger partial charge in [-0.05, 0) is 38.1 Å². The minimum absolute atomic E-state index is 0.133. The lowest BCUT2D eigenvalue weighted by atomic mass is 10.1. The smallest absolute Gasteiger partial charge is 0.221 e. The minimum Gasteiger partial charge on any atom is -0.726 e. The zero-order chi connectivity index (χ0) is 26.2. The van der Waals surface area contributed by atoms with E-state index in [2.05, 4.69) is 49.1 Å². The first kappa shape index (κ1) is 27.8. The van der Waals surface area contributed by atoms with Gasteiger partial charge < -0.3 is 14.8 Å². The standard InChI is InChI=1S/C23H27N5O.CH4O4S/c1-6-28(7-2)18-12-13-20(22(15-18)24-17(4)29)25-26-21-14-16(3)27(5)23-11-9-8-10-19(21)23;1-5-6(2,3)4/h8-15H,6-7H2,1-5H3;1H3,(H,2,3,4). The molecule has 188 valence electrons.